The van der Waals surface area contributed by atoms with Gasteiger partial charge in [-0.05, 0) is 47.4 Å². The zero-order chi connectivity index (χ0) is 17.8. The van der Waals surface area contributed by atoms with Crippen LogP contribution in [0, 0.1) is 0 Å². The fourth-order valence-electron chi connectivity index (χ4n) is 3.00. The Kier molecular flexibility index (Phi) is 5.34. The number of aromatic hydroxyl groups is 1. The molecule has 4 nitrogen and oxygen atoms in total. The Morgan fingerprint density at radius 1 is 1.20 bits per heavy atom. The average molecular weight is 355 g/mol. The van der Waals surface area contributed by atoms with E-state index in [1.807, 2.05) is 41.3 Å². The molecule has 0 saturated carbocycles. The highest BCUT2D eigenvalue weighted by Gasteiger charge is 2.19. The van der Waals surface area contributed by atoms with E-state index in [0.717, 1.165) is 17.5 Å². The topological polar surface area (TPSA) is 57.6 Å². The van der Waals surface area contributed by atoms with Crippen molar-refractivity contribution in [3.8, 4) is 5.75 Å². The number of phenols is 1. The number of hydrogen-bond donors (Lipinski definition) is 1. The van der Waals surface area contributed by atoms with Crippen LogP contribution in [-0.4, -0.2) is 39.5 Å². The number of rotatable bonds is 4. The van der Waals surface area contributed by atoms with Gasteiger partial charge in [-0.3, -0.25) is 9.00 Å². The van der Waals surface area contributed by atoms with Crippen molar-refractivity contribution in [2.24, 2.45) is 0 Å². The van der Waals surface area contributed by atoms with E-state index in [4.69, 9.17) is 0 Å². The molecule has 0 fully saturated rings. The third-order valence-electron chi connectivity index (χ3n) is 4.28. The lowest BCUT2D eigenvalue weighted by Crippen LogP contribution is -2.34. The summed E-state index contributed by atoms with van der Waals surface area (Å²) in [6, 6.07) is 14.5. The lowest BCUT2D eigenvalue weighted by molar-refractivity contribution is 0.0773. The average Bonchev–Trinajstić information content (AvgIpc) is 2.62. The first-order chi connectivity index (χ1) is 12.0. The Balaban J connectivity index is 1.71. The first-order valence-corrected chi connectivity index (χ1v) is 9.92. The summed E-state index contributed by atoms with van der Waals surface area (Å²) in [6.07, 6.45) is 4.52. The molecule has 0 aromatic heterocycles. The van der Waals surface area contributed by atoms with Crippen LogP contribution < -0.4 is 0 Å². The van der Waals surface area contributed by atoms with E-state index in [9.17, 15) is 14.1 Å². The molecule has 0 bridgehead atoms. The molecule has 1 amide bonds. The fraction of sp³-hybridized carbons (Fsp3) is 0.250. The van der Waals surface area contributed by atoms with Crippen molar-refractivity contribution in [2.45, 2.75) is 12.2 Å². The second-order valence-electron chi connectivity index (χ2n) is 6.20. The zero-order valence-corrected chi connectivity index (χ0v) is 15.0. The summed E-state index contributed by atoms with van der Waals surface area (Å²) >= 11 is 0. The van der Waals surface area contributed by atoms with E-state index in [-0.39, 0.29) is 11.7 Å². The maximum absolute atomic E-state index is 12.7. The SMILES string of the molecule is C[S@@](=O)Cc1cccc(C(=O)N2CC=C(c3ccc(O)cc3)CC2)c1. The Labute approximate surface area is 150 Å². The number of amides is 1. The van der Waals surface area contributed by atoms with Crippen LogP contribution in [-0.2, 0) is 16.6 Å². The van der Waals surface area contributed by atoms with Crippen LogP contribution in [0.5, 0.6) is 5.75 Å². The van der Waals surface area contributed by atoms with Gasteiger partial charge in [0, 0.05) is 41.5 Å². The van der Waals surface area contributed by atoms with Crippen molar-refractivity contribution >= 4 is 22.3 Å². The minimum Gasteiger partial charge on any atom is -0.508 e. The number of carbonyl (C=O) groups is 1. The molecule has 0 saturated heterocycles. The Morgan fingerprint density at radius 2 is 1.96 bits per heavy atom. The number of hydrogen-bond acceptors (Lipinski definition) is 3. The van der Waals surface area contributed by atoms with Crippen LogP contribution in [0.4, 0.5) is 0 Å². The quantitative estimate of drug-likeness (QED) is 0.916. The van der Waals surface area contributed by atoms with Gasteiger partial charge in [0.15, 0.2) is 0 Å². The predicted octanol–water partition coefficient (Wildman–Crippen LogP) is 3.20. The highest BCUT2D eigenvalue weighted by Crippen LogP contribution is 2.24. The molecule has 0 spiro atoms. The van der Waals surface area contributed by atoms with Crippen LogP contribution in [0.3, 0.4) is 0 Å². The number of nitrogens with zero attached hydrogens (tertiary/aromatic N) is 1. The smallest absolute Gasteiger partial charge is 0.254 e. The lowest BCUT2D eigenvalue weighted by Gasteiger charge is -2.27. The molecule has 1 atom stereocenters. The standard InChI is InChI=1S/C20H21NO3S/c1-25(24)14-15-3-2-4-18(13-15)20(23)21-11-9-17(10-12-21)16-5-7-19(22)8-6-16/h2-9,13,22H,10-12,14H2,1H3/t25-/m1/s1. The van der Waals surface area contributed by atoms with Crippen molar-refractivity contribution in [3.63, 3.8) is 0 Å². The van der Waals surface area contributed by atoms with E-state index in [2.05, 4.69) is 6.08 Å². The third-order valence-corrected chi connectivity index (χ3v) is 5.02. The monoisotopic (exact) mass is 355 g/mol. The fourth-order valence-corrected chi connectivity index (χ4v) is 3.65. The molecule has 2 aromatic carbocycles. The van der Waals surface area contributed by atoms with E-state index >= 15 is 0 Å². The summed E-state index contributed by atoms with van der Waals surface area (Å²) in [5.74, 6) is 0.723. The van der Waals surface area contributed by atoms with Gasteiger partial charge in [-0.25, -0.2) is 0 Å². The molecular formula is C20H21NO3S. The number of carbonyl (C=O) groups excluding carboxylic acids is 1. The van der Waals surface area contributed by atoms with Crippen LogP contribution in [0.2, 0.25) is 0 Å². The maximum atomic E-state index is 12.7. The van der Waals surface area contributed by atoms with Crippen LogP contribution >= 0.6 is 0 Å². The second kappa shape index (κ2) is 7.66. The van der Waals surface area contributed by atoms with Gasteiger partial charge in [-0.2, -0.15) is 0 Å². The number of benzene rings is 2. The largest absolute Gasteiger partial charge is 0.508 e. The van der Waals surface area contributed by atoms with Crippen LogP contribution in [0.15, 0.2) is 54.6 Å². The predicted molar refractivity (Wildman–Crippen MR) is 101 cm³/mol. The summed E-state index contributed by atoms with van der Waals surface area (Å²) in [4.78, 5) is 14.5. The molecule has 0 unspecified atom stereocenters. The van der Waals surface area contributed by atoms with E-state index in [1.165, 1.54) is 5.57 Å². The maximum Gasteiger partial charge on any atom is 0.254 e. The van der Waals surface area contributed by atoms with Gasteiger partial charge in [0.25, 0.3) is 5.91 Å². The van der Waals surface area contributed by atoms with Crippen LogP contribution in [0.1, 0.15) is 27.9 Å². The minimum atomic E-state index is -0.923. The molecule has 1 aliphatic heterocycles. The molecule has 5 heteroatoms. The zero-order valence-electron chi connectivity index (χ0n) is 14.1. The van der Waals surface area contributed by atoms with Crippen molar-refractivity contribution < 1.29 is 14.1 Å². The summed E-state index contributed by atoms with van der Waals surface area (Å²) < 4.78 is 11.4. The summed E-state index contributed by atoms with van der Waals surface area (Å²) in [6.45, 7) is 1.23. The normalized spacial score (nSPS) is 15.6. The first kappa shape index (κ1) is 17.4. The van der Waals surface area contributed by atoms with Crippen molar-refractivity contribution in [3.05, 3.63) is 71.3 Å². The molecule has 0 radical (unpaired) electrons. The molecule has 2 aromatic rings. The summed E-state index contributed by atoms with van der Waals surface area (Å²) in [5, 5.41) is 9.38. The third kappa shape index (κ3) is 4.37. The van der Waals surface area contributed by atoms with Crippen molar-refractivity contribution in [2.75, 3.05) is 19.3 Å². The van der Waals surface area contributed by atoms with Crippen LogP contribution in [0.25, 0.3) is 5.57 Å². The number of phenolic OH excluding ortho intramolecular Hbond substituents is 1. The Morgan fingerprint density at radius 3 is 2.60 bits per heavy atom. The van der Waals surface area contributed by atoms with Gasteiger partial charge < -0.3 is 10.0 Å². The van der Waals surface area contributed by atoms with Gasteiger partial charge in [0.05, 0.1) is 0 Å². The summed E-state index contributed by atoms with van der Waals surface area (Å²) in [7, 11) is -0.923. The Hall–Kier alpha value is -2.40. The van der Waals surface area contributed by atoms with Gasteiger partial charge in [-0.15, -0.1) is 0 Å². The van der Waals surface area contributed by atoms with E-state index < -0.39 is 10.8 Å². The van der Waals surface area contributed by atoms with Crippen molar-refractivity contribution in [1.82, 2.24) is 4.90 Å². The molecule has 25 heavy (non-hydrogen) atoms. The molecule has 0 aliphatic carbocycles. The molecule has 1 N–H and O–H groups in total. The molecule has 3 rings (SSSR count). The minimum absolute atomic E-state index is 0.00439. The van der Waals surface area contributed by atoms with Gasteiger partial charge >= 0.3 is 0 Å². The highest BCUT2D eigenvalue weighted by molar-refractivity contribution is 7.83. The van der Waals surface area contributed by atoms with Gasteiger partial charge in [0.1, 0.15) is 5.75 Å². The molecule has 1 aliphatic rings. The van der Waals surface area contributed by atoms with Crippen molar-refractivity contribution in [1.29, 1.82) is 0 Å². The van der Waals surface area contributed by atoms with Gasteiger partial charge in [-0.1, -0.05) is 30.3 Å². The molecule has 1 heterocycles. The molecule has 130 valence electrons. The van der Waals surface area contributed by atoms with E-state index in [1.54, 1.807) is 18.4 Å². The second-order valence-corrected chi connectivity index (χ2v) is 7.63. The first-order valence-electron chi connectivity index (χ1n) is 8.19. The highest BCUT2D eigenvalue weighted by atomic mass is 32.2. The lowest BCUT2D eigenvalue weighted by atomic mass is 9.99. The Bertz CT molecular complexity index is 827. The van der Waals surface area contributed by atoms with Gasteiger partial charge in [0.2, 0.25) is 0 Å². The van der Waals surface area contributed by atoms with E-state index in [0.29, 0.717) is 24.4 Å². The molecular weight excluding hydrogens is 334 g/mol. The summed E-state index contributed by atoms with van der Waals surface area (Å²) in [5.41, 5.74) is 3.84.